The van der Waals surface area contributed by atoms with Crippen molar-refractivity contribution in [1.82, 2.24) is 4.57 Å². The fraction of sp³-hybridized carbons (Fsp3) is 0. The van der Waals surface area contributed by atoms with E-state index in [2.05, 4.69) is 112 Å². The summed E-state index contributed by atoms with van der Waals surface area (Å²) in [5.41, 5.74) is 3.74. The maximum absolute atomic E-state index is 2.39. The van der Waals surface area contributed by atoms with Crippen LogP contribution in [-0.2, 0) is 0 Å². The zero-order chi connectivity index (χ0) is 18.0. The Morgan fingerprint density at radius 2 is 1.33 bits per heavy atom. The Labute approximate surface area is 174 Å². The molecule has 0 atom stereocenters. The van der Waals surface area contributed by atoms with Gasteiger partial charge in [-0.2, -0.15) is 0 Å². The first kappa shape index (κ1) is 15.7. The smallest absolute Gasteiger partial charge is 0.0555 e. The molecule has 0 aliphatic heterocycles. The van der Waals surface area contributed by atoms with Gasteiger partial charge in [0, 0.05) is 40.2 Å². The second-order valence-electron chi connectivity index (χ2n) is 6.79. The van der Waals surface area contributed by atoms with Crippen molar-refractivity contribution in [1.29, 1.82) is 0 Å². The molecule has 0 saturated heterocycles. The third kappa shape index (κ3) is 2.28. The number of para-hydroxylation sites is 1. The van der Waals surface area contributed by atoms with Crippen LogP contribution in [0.3, 0.4) is 0 Å². The molecule has 0 bridgehead atoms. The molecule has 1 nitrogen and oxygen atoms in total. The maximum Gasteiger partial charge on any atom is 0.0555 e. The van der Waals surface area contributed by atoms with Gasteiger partial charge in [0.1, 0.15) is 0 Å². The summed E-state index contributed by atoms with van der Waals surface area (Å²) in [7, 11) is 0. The summed E-state index contributed by atoms with van der Waals surface area (Å²) in [5, 5.41) is 5.34. The van der Waals surface area contributed by atoms with Crippen molar-refractivity contribution in [3.05, 3.63) is 88.5 Å². The number of aromatic nitrogens is 1. The number of hydrogen-bond donors (Lipinski definition) is 0. The number of fused-ring (bicyclic) bond motifs is 6. The van der Waals surface area contributed by atoms with Gasteiger partial charge < -0.3 is 4.57 Å². The van der Waals surface area contributed by atoms with Crippen LogP contribution in [0.1, 0.15) is 0 Å². The first-order valence-corrected chi connectivity index (χ1v) is 10.8. The minimum Gasteiger partial charge on any atom is -0.309 e. The maximum atomic E-state index is 2.39. The Morgan fingerprint density at radius 3 is 2.19 bits per heavy atom. The highest BCUT2D eigenvalue weighted by Gasteiger charge is 2.15. The molecule has 128 valence electrons. The second kappa shape index (κ2) is 5.81. The predicted molar refractivity (Wildman–Crippen MR) is 126 cm³/mol. The molecule has 0 spiro atoms. The highest BCUT2D eigenvalue weighted by Crippen LogP contribution is 2.40. The summed E-state index contributed by atoms with van der Waals surface area (Å²) in [6, 6.07) is 31.0. The fourth-order valence-electron chi connectivity index (χ4n) is 4.06. The molecule has 2 aromatic heterocycles. The Morgan fingerprint density at radius 1 is 0.593 bits per heavy atom. The lowest BCUT2D eigenvalue weighted by molar-refractivity contribution is 1.18. The normalized spacial score (nSPS) is 11.9. The SMILES string of the molecule is Ic1ccc(-n2c3ccccc3c3cc4c(cc32)sc2ccccc24)cc1. The first-order valence-electron chi connectivity index (χ1n) is 8.90. The number of rotatable bonds is 1. The molecular formula is C24H14INS. The van der Waals surface area contributed by atoms with Gasteiger partial charge in [-0.3, -0.25) is 0 Å². The van der Waals surface area contributed by atoms with Crippen molar-refractivity contribution in [2.75, 3.05) is 0 Å². The van der Waals surface area contributed by atoms with E-state index in [-0.39, 0.29) is 0 Å². The van der Waals surface area contributed by atoms with Crippen LogP contribution >= 0.6 is 33.9 Å². The minimum absolute atomic E-state index is 1.21. The fourth-order valence-corrected chi connectivity index (χ4v) is 5.54. The zero-order valence-corrected chi connectivity index (χ0v) is 17.3. The molecule has 6 aromatic rings. The lowest BCUT2D eigenvalue weighted by atomic mass is 10.1. The molecule has 0 N–H and O–H groups in total. The van der Waals surface area contributed by atoms with Crippen LogP contribution in [0.15, 0.2) is 84.9 Å². The van der Waals surface area contributed by atoms with E-state index in [1.165, 1.54) is 51.2 Å². The lowest BCUT2D eigenvalue weighted by Crippen LogP contribution is -1.93. The lowest BCUT2D eigenvalue weighted by Gasteiger charge is -2.08. The van der Waals surface area contributed by atoms with Gasteiger partial charge >= 0.3 is 0 Å². The summed E-state index contributed by atoms with van der Waals surface area (Å²) in [6.07, 6.45) is 0. The van der Waals surface area contributed by atoms with E-state index >= 15 is 0 Å². The van der Waals surface area contributed by atoms with E-state index in [0.717, 1.165) is 0 Å². The summed E-state index contributed by atoms with van der Waals surface area (Å²) < 4.78 is 6.34. The Balaban J connectivity index is 1.81. The van der Waals surface area contributed by atoms with Gasteiger partial charge in [-0.1, -0.05) is 36.4 Å². The van der Waals surface area contributed by atoms with Crippen molar-refractivity contribution in [3.63, 3.8) is 0 Å². The predicted octanol–water partition coefficient (Wildman–Crippen LogP) is 7.76. The largest absolute Gasteiger partial charge is 0.309 e. The number of halogens is 1. The highest BCUT2D eigenvalue weighted by molar-refractivity contribution is 14.1. The highest BCUT2D eigenvalue weighted by atomic mass is 127. The van der Waals surface area contributed by atoms with E-state index in [9.17, 15) is 0 Å². The van der Waals surface area contributed by atoms with Gasteiger partial charge in [-0.05, 0) is 71.1 Å². The van der Waals surface area contributed by atoms with Gasteiger partial charge in [0.25, 0.3) is 0 Å². The zero-order valence-electron chi connectivity index (χ0n) is 14.3. The summed E-state index contributed by atoms with van der Waals surface area (Å²) in [4.78, 5) is 0. The molecule has 0 aliphatic carbocycles. The van der Waals surface area contributed by atoms with Crippen molar-refractivity contribution in [2.24, 2.45) is 0 Å². The third-order valence-corrected chi connectivity index (χ3v) is 7.11. The van der Waals surface area contributed by atoms with E-state index in [0.29, 0.717) is 0 Å². The van der Waals surface area contributed by atoms with E-state index in [1.807, 2.05) is 11.3 Å². The number of hydrogen-bond acceptors (Lipinski definition) is 1. The molecule has 0 radical (unpaired) electrons. The van der Waals surface area contributed by atoms with Crippen molar-refractivity contribution >= 4 is 75.9 Å². The van der Waals surface area contributed by atoms with Crippen LogP contribution in [0, 0.1) is 3.57 Å². The van der Waals surface area contributed by atoms with Crippen molar-refractivity contribution < 1.29 is 0 Å². The molecule has 0 saturated carbocycles. The average molecular weight is 475 g/mol. The number of nitrogens with zero attached hydrogens (tertiary/aromatic N) is 1. The second-order valence-corrected chi connectivity index (χ2v) is 9.12. The van der Waals surface area contributed by atoms with Gasteiger partial charge in [0.15, 0.2) is 0 Å². The minimum atomic E-state index is 1.21. The molecule has 0 unspecified atom stereocenters. The van der Waals surface area contributed by atoms with Gasteiger partial charge in [0.2, 0.25) is 0 Å². The Bertz CT molecular complexity index is 1470. The van der Waals surface area contributed by atoms with Crippen LogP contribution in [0.4, 0.5) is 0 Å². The number of benzene rings is 4. The van der Waals surface area contributed by atoms with E-state index in [4.69, 9.17) is 0 Å². The summed E-state index contributed by atoms with van der Waals surface area (Å²) in [5.74, 6) is 0. The van der Waals surface area contributed by atoms with Gasteiger partial charge in [-0.15, -0.1) is 11.3 Å². The van der Waals surface area contributed by atoms with Crippen LogP contribution in [0.2, 0.25) is 0 Å². The van der Waals surface area contributed by atoms with E-state index in [1.54, 1.807) is 0 Å². The molecule has 0 fully saturated rings. The summed E-state index contributed by atoms with van der Waals surface area (Å²) >= 11 is 4.24. The monoisotopic (exact) mass is 475 g/mol. The third-order valence-electron chi connectivity index (χ3n) is 5.26. The topological polar surface area (TPSA) is 4.93 Å². The molecular weight excluding hydrogens is 461 g/mol. The quantitative estimate of drug-likeness (QED) is 0.214. The van der Waals surface area contributed by atoms with Gasteiger partial charge in [0.05, 0.1) is 11.0 Å². The Hall–Kier alpha value is -2.37. The molecule has 6 rings (SSSR count). The number of thiophene rings is 1. The van der Waals surface area contributed by atoms with Crippen molar-refractivity contribution in [3.8, 4) is 5.69 Å². The van der Waals surface area contributed by atoms with E-state index < -0.39 is 0 Å². The molecule has 4 aromatic carbocycles. The molecule has 3 heteroatoms. The van der Waals surface area contributed by atoms with Crippen LogP contribution < -0.4 is 0 Å². The molecule has 2 heterocycles. The average Bonchev–Trinajstić information content (AvgIpc) is 3.22. The van der Waals surface area contributed by atoms with Crippen LogP contribution in [0.25, 0.3) is 47.7 Å². The Kier molecular flexibility index (Phi) is 3.37. The summed E-state index contributed by atoms with van der Waals surface area (Å²) in [6.45, 7) is 0. The van der Waals surface area contributed by atoms with Crippen molar-refractivity contribution in [2.45, 2.75) is 0 Å². The molecule has 0 amide bonds. The first-order chi connectivity index (χ1) is 13.3. The van der Waals surface area contributed by atoms with Crippen LogP contribution in [0.5, 0.6) is 0 Å². The van der Waals surface area contributed by atoms with Crippen LogP contribution in [-0.4, -0.2) is 4.57 Å². The van der Waals surface area contributed by atoms with Gasteiger partial charge in [-0.25, -0.2) is 0 Å². The molecule has 27 heavy (non-hydrogen) atoms. The standard InChI is InChI=1S/C24H14INS/c25-15-9-11-16(12-10-15)26-21-7-3-1-5-17(21)19-13-20-18-6-2-4-8-23(18)27-24(20)14-22(19)26/h1-14H. The molecule has 0 aliphatic rings.